The second-order valence-corrected chi connectivity index (χ2v) is 7.55. The second kappa shape index (κ2) is 9.26. The number of rotatable bonds is 9. The molecule has 6 nitrogen and oxygen atoms in total. The van der Waals surface area contributed by atoms with Crippen LogP contribution in [0.15, 0.2) is 24.3 Å². The summed E-state index contributed by atoms with van der Waals surface area (Å²) in [5.74, 6) is -0.134. The van der Waals surface area contributed by atoms with E-state index in [1.807, 2.05) is 45.0 Å². The van der Waals surface area contributed by atoms with Crippen molar-refractivity contribution in [3.8, 4) is 0 Å². The van der Waals surface area contributed by atoms with Crippen molar-refractivity contribution < 1.29 is 23.8 Å². The Morgan fingerprint density at radius 1 is 1.12 bits per heavy atom. The Kier molecular flexibility index (Phi) is 7.93. The molecule has 0 spiro atoms. The number of ether oxygens (including phenoxy) is 3. The number of carbonyl (C=O) groups excluding carboxylic acids is 2. The Bertz CT molecular complexity index is 606. The lowest BCUT2D eigenvalue weighted by Gasteiger charge is -2.40. The van der Waals surface area contributed by atoms with Gasteiger partial charge in [-0.15, -0.1) is 0 Å². The first-order valence-electron chi connectivity index (χ1n) is 8.55. The van der Waals surface area contributed by atoms with Gasteiger partial charge in [-0.1, -0.05) is 45.0 Å². The molecule has 0 heterocycles. The smallest absolute Gasteiger partial charge is 0.229 e. The molecule has 0 bridgehead atoms. The Morgan fingerprint density at radius 3 is 2.15 bits per heavy atom. The molecule has 1 aromatic carbocycles. The zero-order valence-corrected chi connectivity index (χ0v) is 16.9. The third-order valence-electron chi connectivity index (χ3n) is 4.26. The number of benzene rings is 1. The van der Waals surface area contributed by atoms with Crippen LogP contribution >= 0.6 is 0 Å². The molecule has 146 valence electrons. The summed E-state index contributed by atoms with van der Waals surface area (Å²) >= 11 is 0. The predicted octanol–water partition coefficient (Wildman–Crippen LogP) is 2.96. The van der Waals surface area contributed by atoms with Gasteiger partial charge < -0.3 is 23.9 Å². The Hall–Kier alpha value is -1.76. The molecule has 1 atom stereocenters. The molecular formula is C20H31NO5. The maximum atomic E-state index is 13.1. The predicted molar refractivity (Wildman–Crippen MR) is 99.6 cm³/mol. The normalized spacial score (nSPS) is 14.2. The van der Waals surface area contributed by atoms with E-state index in [1.165, 1.54) is 7.11 Å². The Morgan fingerprint density at radius 2 is 1.69 bits per heavy atom. The van der Waals surface area contributed by atoms with Crippen molar-refractivity contribution in [1.29, 1.82) is 0 Å². The molecule has 6 heteroatoms. The highest BCUT2D eigenvalue weighted by Crippen LogP contribution is 2.29. The minimum Gasteiger partial charge on any atom is -0.382 e. The van der Waals surface area contributed by atoms with Crippen LogP contribution in [0.5, 0.6) is 0 Å². The monoisotopic (exact) mass is 365 g/mol. The molecule has 0 aliphatic heterocycles. The van der Waals surface area contributed by atoms with Crippen LogP contribution in [0, 0.1) is 5.41 Å². The average Bonchev–Trinajstić information content (AvgIpc) is 2.60. The SMILES string of the molecule is COC[C@@](C)(C=O)N(Cc1ccccc1C(OC)OC)C(=O)C(C)(C)C. The Labute approximate surface area is 156 Å². The summed E-state index contributed by atoms with van der Waals surface area (Å²) in [5.41, 5.74) is -0.0608. The third kappa shape index (κ3) is 5.13. The summed E-state index contributed by atoms with van der Waals surface area (Å²) in [5, 5.41) is 0. The van der Waals surface area contributed by atoms with Gasteiger partial charge in [0.25, 0.3) is 0 Å². The first-order chi connectivity index (χ1) is 12.1. The molecule has 0 radical (unpaired) electrons. The van der Waals surface area contributed by atoms with E-state index in [1.54, 1.807) is 26.0 Å². The highest BCUT2D eigenvalue weighted by atomic mass is 16.7. The molecule has 26 heavy (non-hydrogen) atoms. The molecular weight excluding hydrogens is 334 g/mol. The summed E-state index contributed by atoms with van der Waals surface area (Å²) < 4.78 is 16.0. The number of carbonyl (C=O) groups is 2. The number of nitrogens with zero attached hydrogens (tertiary/aromatic N) is 1. The lowest BCUT2D eigenvalue weighted by molar-refractivity contribution is -0.152. The lowest BCUT2D eigenvalue weighted by Crippen LogP contribution is -2.56. The average molecular weight is 365 g/mol. The number of amides is 1. The topological polar surface area (TPSA) is 65.1 Å². The van der Waals surface area contributed by atoms with Gasteiger partial charge in [0.05, 0.1) is 6.61 Å². The largest absolute Gasteiger partial charge is 0.382 e. The van der Waals surface area contributed by atoms with Crippen molar-refractivity contribution in [2.75, 3.05) is 27.9 Å². The number of hydrogen-bond acceptors (Lipinski definition) is 5. The van der Waals surface area contributed by atoms with Crippen LogP contribution in [0.1, 0.15) is 45.1 Å². The van der Waals surface area contributed by atoms with E-state index in [2.05, 4.69) is 0 Å². The quantitative estimate of drug-likeness (QED) is 0.497. The van der Waals surface area contributed by atoms with E-state index >= 15 is 0 Å². The molecule has 0 aliphatic rings. The van der Waals surface area contributed by atoms with Crippen molar-refractivity contribution in [2.45, 2.75) is 46.1 Å². The summed E-state index contributed by atoms with van der Waals surface area (Å²) in [6, 6.07) is 7.56. The van der Waals surface area contributed by atoms with Crippen molar-refractivity contribution >= 4 is 12.2 Å². The van der Waals surface area contributed by atoms with Crippen molar-refractivity contribution in [2.24, 2.45) is 5.41 Å². The van der Waals surface area contributed by atoms with Gasteiger partial charge in [0.15, 0.2) is 6.29 Å². The molecule has 0 aliphatic carbocycles. The zero-order valence-electron chi connectivity index (χ0n) is 16.9. The van der Waals surface area contributed by atoms with Crippen molar-refractivity contribution in [3.63, 3.8) is 0 Å². The number of aldehydes is 1. The van der Waals surface area contributed by atoms with Crippen molar-refractivity contribution in [3.05, 3.63) is 35.4 Å². The van der Waals surface area contributed by atoms with Gasteiger partial charge >= 0.3 is 0 Å². The molecule has 0 N–H and O–H groups in total. The first-order valence-corrected chi connectivity index (χ1v) is 8.55. The fraction of sp³-hybridized carbons (Fsp3) is 0.600. The maximum absolute atomic E-state index is 13.1. The van der Waals surface area contributed by atoms with Crippen LogP contribution < -0.4 is 0 Å². The van der Waals surface area contributed by atoms with Crippen LogP contribution in [0.3, 0.4) is 0 Å². The van der Waals surface area contributed by atoms with Gasteiger partial charge in [-0.2, -0.15) is 0 Å². The molecule has 1 aromatic rings. The number of methoxy groups -OCH3 is 3. The van der Waals surface area contributed by atoms with Gasteiger partial charge in [-0.3, -0.25) is 4.79 Å². The summed E-state index contributed by atoms with van der Waals surface area (Å²) in [6.45, 7) is 7.56. The third-order valence-corrected chi connectivity index (χ3v) is 4.26. The Balaban J connectivity index is 3.39. The van der Waals surface area contributed by atoms with Gasteiger partial charge in [0, 0.05) is 38.9 Å². The van der Waals surface area contributed by atoms with Crippen LogP contribution in [0.4, 0.5) is 0 Å². The van der Waals surface area contributed by atoms with E-state index in [0.29, 0.717) is 0 Å². The van der Waals surface area contributed by atoms with E-state index in [-0.39, 0.29) is 19.1 Å². The van der Waals surface area contributed by atoms with Gasteiger partial charge in [-0.25, -0.2) is 0 Å². The standard InChI is InChI=1S/C20H31NO5/c1-19(2,3)18(23)21(20(4,13-22)14-24-5)12-15-10-8-9-11-16(15)17(25-6)26-7/h8-11,13,17H,12,14H2,1-7H3/t20-/m1/s1. The van der Waals surface area contributed by atoms with E-state index in [9.17, 15) is 9.59 Å². The lowest BCUT2D eigenvalue weighted by atomic mass is 9.90. The molecule has 1 rings (SSSR count). The molecule has 0 saturated heterocycles. The fourth-order valence-electron chi connectivity index (χ4n) is 2.79. The molecule has 0 aromatic heterocycles. The molecule has 0 unspecified atom stereocenters. The molecule has 0 fully saturated rings. The van der Waals surface area contributed by atoms with Gasteiger partial charge in [-0.05, 0) is 12.5 Å². The number of hydrogen-bond donors (Lipinski definition) is 0. The second-order valence-electron chi connectivity index (χ2n) is 7.55. The molecule has 0 saturated carbocycles. The zero-order chi connectivity index (χ0) is 20.0. The fourth-order valence-corrected chi connectivity index (χ4v) is 2.79. The summed E-state index contributed by atoms with van der Waals surface area (Å²) in [7, 11) is 4.63. The minimum atomic E-state index is -1.08. The maximum Gasteiger partial charge on any atom is 0.229 e. The van der Waals surface area contributed by atoms with E-state index in [4.69, 9.17) is 14.2 Å². The van der Waals surface area contributed by atoms with E-state index < -0.39 is 17.2 Å². The van der Waals surface area contributed by atoms with Crippen LogP contribution in [0.25, 0.3) is 0 Å². The van der Waals surface area contributed by atoms with Gasteiger partial charge in [0.2, 0.25) is 5.91 Å². The minimum absolute atomic E-state index is 0.110. The van der Waals surface area contributed by atoms with Crippen LogP contribution in [0.2, 0.25) is 0 Å². The van der Waals surface area contributed by atoms with Crippen molar-refractivity contribution in [1.82, 2.24) is 4.90 Å². The van der Waals surface area contributed by atoms with Crippen LogP contribution in [-0.2, 0) is 30.3 Å². The van der Waals surface area contributed by atoms with Crippen LogP contribution in [-0.4, -0.2) is 50.6 Å². The highest BCUT2D eigenvalue weighted by molar-refractivity contribution is 5.85. The first kappa shape index (κ1) is 22.3. The van der Waals surface area contributed by atoms with E-state index in [0.717, 1.165) is 17.4 Å². The van der Waals surface area contributed by atoms with Gasteiger partial charge in [0.1, 0.15) is 11.8 Å². The summed E-state index contributed by atoms with van der Waals surface area (Å²) in [4.78, 5) is 26.6. The highest BCUT2D eigenvalue weighted by Gasteiger charge is 2.40. The summed E-state index contributed by atoms with van der Waals surface area (Å²) in [6.07, 6.45) is 0.218. The molecule has 1 amide bonds.